The molecule has 29 heavy (non-hydrogen) atoms. The number of imide groups is 1. The lowest BCUT2D eigenvalue weighted by Crippen LogP contribution is -2.32. The van der Waals surface area contributed by atoms with Crippen LogP contribution in [0.5, 0.6) is 0 Å². The van der Waals surface area contributed by atoms with Crippen molar-refractivity contribution in [2.45, 2.75) is 20.3 Å². The quantitative estimate of drug-likeness (QED) is 0.579. The Balaban J connectivity index is 1.48. The zero-order valence-corrected chi connectivity index (χ0v) is 16.7. The van der Waals surface area contributed by atoms with Gasteiger partial charge in [0.25, 0.3) is 17.7 Å². The normalized spacial score (nSPS) is 12.7. The first-order valence-corrected chi connectivity index (χ1v) is 9.32. The van der Waals surface area contributed by atoms with Crippen LogP contribution >= 0.6 is 11.6 Å². The van der Waals surface area contributed by atoms with Crippen LogP contribution in [0.2, 0.25) is 5.02 Å². The molecule has 0 fully saturated rings. The molecule has 3 rings (SSSR count). The highest BCUT2D eigenvalue weighted by atomic mass is 35.5. The van der Waals surface area contributed by atoms with Gasteiger partial charge < -0.3 is 10.1 Å². The summed E-state index contributed by atoms with van der Waals surface area (Å²) in [6, 6.07) is 10.0. The molecule has 0 bridgehead atoms. The predicted octanol–water partition coefficient (Wildman–Crippen LogP) is 3.12. The van der Waals surface area contributed by atoms with Crippen molar-refractivity contribution in [2.75, 3.05) is 18.5 Å². The van der Waals surface area contributed by atoms with E-state index in [2.05, 4.69) is 5.32 Å². The second-order valence-corrected chi connectivity index (χ2v) is 7.14. The fourth-order valence-electron chi connectivity index (χ4n) is 2.90. The first-order valence-electron chi connectivity index (χ1n) is 8.94. The van der Waals surface area contributed by atoms with E-state index in [4.69, 9.17) is 16.3 Å². The smallest absolute Gasteiger partial charge is 0.308 e. The van der Waals surface area contributed by atoms with Crippen molar-refractivity contribution in [3.05, 3.63) is 63.7 Å². The zero-order chi connectivity index (χ0) is 21.1. The largest absolute Gasteiger partial charge is 0.456 e. The number of esters is 1. The Morgan fingerprint density at radius 3 is 2.48 bits per heavy atom. The molecule has 0 aromatic heterocycles. The van der Waals surface area contributed by atoms with Gasteiger partial charge in [-0.3, -0.25) is 24.1 Å². The Kier molecular flexibility index (Phi) is 5.98. The maximum absolute atomic E-state index is 12.4. The maximum Gasteiger partial charge on any atom is 0.308 e. The lowest BCUT2D eigenvalue weighted by molar-refractivity contribution is -0.147. The molecule has 2 aromatic rings. The van der Waals surface area contributed by atoms with Crippen LogP contribution in [0.4, 0.5) is 5.69 Å². The summed E-state index contributed by atoms with van der Waals surface area (Å²) in [4.78, 5) is 49.5. The van der Waals surface area contributed by atoms with Gasteiger partial charge in [0.05, 0.1) is 17.5 Å². The van der Waals surface area contributed by atoms with Gasteiger partial charge in [-0.1, -0.05) is 29.3 Å². The van der Waals surface area contributed by atoms with E-state index in [1.807, 2.05) is 13.8 Å². The first-order chi connectivity index (χ1) is 13.8. The van der Waals surface area contributed by atoms with Crippen LogP contribution in [0, 0.1) is 13.8 Å². The zero-order valence-electron chi connectivity index (χ0n) is 16.0. The highest BCUT2D eigenvalue weighted by molar-refractivity contribution is 6.31. The van der Waals surface area contributed by atoms with Crippen LogP contribution < -0.4 is 5.32 Å². The summed E-state index contributed by atoms with van der Waals surface area (Å²) in [5.74, 6) is -2.08. The van der Waals surface area contributed by atoms with Crippen molar-refractivity contribution in [1.29, 1.82) is 0 Å². The Hall–Kier alpha value is -3.19. The average Bonchev–Trinajstić information content (AvgIpc) is 2.91. The molecule has 0 spiro atoms. The fraction of sp³-hybridized carbons (Fsp3) is 0.238. The molecule has 0 atom stereocenters. The van der Waals surface area contributed by atoms with Crippen molar-refractivity contribution in [2.24, 2.45) is 0 Å². The van der Waals surface area contributed by atoms with E-state index in [-0.39, 0.29) is 13.0 Å². The molecule has 3 amide bonds. The third kappa shape index (κ3) is 4.63. The van der Waals surface area contributed by atoms with E-state index in [1.54, 1.807) is 36.4 Å². The molecule has 1 heterocycles. The number of aryl methyl sites for hydroxylation is 2. The molecule has 150 valence electrons. The van der Waals surface area contributed by atoms with Crippen LogP contribution in [0.15, 0.2) is 36.4 Å². The molecule has 0 radical (unpaired) electrons. The number of nitrogens with zero attached hydrogens (tertiary/aromatic N) is 1. The van der Waals surface area contributed by atoms with Crippen molar-refractivity contribution in [3.63, 3.8) is 0 Å². The summed E-state index contributed by atoms with van der Waals surface area (Å²) in [5.41, 5.74) is 2.89. The number of amides is 3. The standard InChI is InChI=1S/C21H19ClN2O5/c1-12-3-6-15-16(9-12)21(28)24(20(15)27)8-7-19(26)29-11-18(25)23-14-5-4-13(2)17(22)10-14/h3-6,9-10H,7-8,11H2,1-2H3,(H,23,25). The Morgan fingerprint density at radius 2 is 1.76 bits per heavy atom. The molecule has 1 N–H and O–H groups in total. The number of hydrogen-bond donors (Lipinski definition) is 1. The summed E-state index contributed by atoms with van der Waals surface area (Å²) in [6.45, 7) is 3.07. The maximum atomic E-state index is 12.4. The number of carbonyl (C=O) groups is 4. The number of rotatable bonds is 6. The van der Waals surface area contributed by atoms with Gasteiger partial charge >= 0.3 is 5.97 Å². The second-order valence-electron chi connectivity index (χ2n) is 6.73. The van der Waals surface area contributed by atoms with Gasteiger partial charge in [-0.15, -0.1) is 0 Å². The number of ether oxygens (including phenoxy) is 1. The number of anilines is 1. The van der Waals surface area contributed by atoms with Crippen LogP contribution in [-0.2, 0) is 14.3 Å². The molecule has 0 saturated heterocycles. The number of carbonyl (C=O) groups excluding carboxylic acids is 4. The van der Waals surface area contributed by atoms with E-state index in [0.29, 0.717) is 21.8 Å². The highest BCUT2D eigenvalue weighted by Crippen LogP contribution is 2.24. The third-order valence-corrected chi connectivity index (χ3v) is 4.89. The lowest BCUT2D eigenvalue weighted by atomic mass is 10.1. The molecule has 8 heteroatoms. The Morgan fingerprint density at radius 1 is 1.03 bits per heavy atom. The number of hydrogen-bond acceptors (Lipinski definition) is 5. The highest BCUT2D eigenvalue weighted by Gasteiger charge is 2.35. The molecule has 1 aliphatic heterocycles. The summed E-state index contributed by atoms with van der Waals surface area (Å²) >= 11 is 6.00. The molecule has 2 aromatic carbocycles. The molecule has 0 saturated carbocycles. The minimum absolute atomic E-state index is 0.112. The fourth-order valence-corrected chi connectivity index (χ4v) is 3.08. The van der Waals surface area contributed by atoms with E-state index in [0.717, 1.165) is 16.0 Å². The number of nitrogens with one attached hydrogen (secondary N) is 1. The van der Waals surface area contributed by atoms with Gasteiger partial charge in [-0.25, -0.2) is 0 Å². The summed E-state index contributed by atoms with van der Waals surface area (Å²) < 4.78 is 4.92. The molecule has 1 aliphatic rings. The lowest BCUT2D eigenvalue weighted by Gasteiger charge is -2.13. The molecule has 0 aliphatic carbocycles. The van der Waals surface area contributed by atoms with E-state index in [1.165, 1.54) is 0 Å². The van der Waals surface area contributed by atoms with Crippen molar-refractivity contribution in [3.8, 4) is 0 Å². The first kappa shape index (κ1) is 20.5. The van der Waals surface area contributed by atoms with Gasteiger partial charge in [0, 0.05) is 17.3 Å². The van der Waals surface area contributed by atoms with Gasteiger partial charge in [0.1, 0.15) is 0 Å². The molecule has 0 unspecified atom stereocenters. The van der Waals surface area contributed by atoms with Crippen molar-refractivity contribution >= 4 is 41.0 Å². The van der Waals surface area contributed by atoms with Gasteiger partial charge in [0.2, 0.25) is 0 Å². The van der Waals surface area contributed by atoms with Gasteiger partial charge in [0.15, 0.2) is 6.61 Å². The molecular formula is C21H19ClN2O5. The van der Waals surface area contributed by atoms with Crippen LogP contribution in [0.25, 0.3) is 0 Å². The Labute approximate surface area is 172 Å². The van der Waals surface area contributed by atoms with E-state index < -0.39 is 30.3 Å². The predicted molar refractivity (Wildman–Crippen MR) is 107 cm³/mol. The number of benzene rings is 2. The summed E-state index contributed by atoms with van der Waals surface area (Å²) in [7, 11) is 0. The van der Waals surface area contributed by atoms with E-state index in [9.17, 15) is 19.2 Å². The van der Waals surface area contributed by atoms with Gasteiger partial charge in [-0.2, -0.15) is 0 Å². The monoisotopic (exact) mass is 414 g/mol. The summed E-state index contributed by atoms with van der Waals surface area (Å²) in [5, 5.41) is 3.08. The number of halogens is 1. The minimum Gasteiger partial charge on any atom is -0.456 e. The molecular weight excluding hydrogens is 396 g/mol. The SMILES string of the molecule is Cc1ccc2c(c1)C(=O)N(CCC(=O)OCC(=O)Nc1ccc(C)c(Cl)c1)C2=O. The van der Waals surface area contributed by atoms with Gasteiger partial charge in [-0.05, 0) is 43.7 Å². The van der Waals surface area contributed by atoms with Crippen LogP contribution in [0.3, 0.4) is 0 Å². The second kappa shape index (κ2) is 8.45. The van der Waals surface area contributed by atoms with Crippen molar-refractivity contribution < 1.29 is 23.9 Å². The minimum atomic E-state index is -0.685. The Bertz CT molecular complexity index is 1020. The van der Waals surface area contributed by atoms with Crippen molar-refractivity contribution in [1.82, 2.24) is 4.90 Å². The average molecular weight is 415 g/mol. The van der Waals surface area contributed by atoms with E-state index >= 15 is 0 Å². The number of fused-ring (bicyclic) bond motifs is 1. The third-order valence-electron chi connectivity index (χ3n) is 4.49. The van der Waals surface area contributed by atoms with Crippen LogP contribution in [0.1, 0.15) is 38.3 Å². The topological polar surface area (TPSA) is 92.8 Å². The molecule has 7 nitrogen and oxygen atoms in total. The summed E-state index contributed by atoms with van der Waals surface area (Å²) in [6.07, 6.45) is -0.200. The van der Waals surface area contributed by atoms with Crippen LogP contribution in [-0.4, -0.2) is 41.7 Å².